The second-order valence-electron chi connectivity index (χ2n) is 5.62. The standard InChI is InChI=1S/C19H20N2O2S2/c1-13(18(22)20-11-14-7-9-16(23-2)10-8-14)25-19-21-17-6-4-3-5-15(17)12-24-19/h3-10,13H,11-12H2,1-2H3,(H,20,22)/t13-/m1/s1. The van der Waals surface area contributed by atoms with Gasteiger partial charge in [0.25, 0.3) is 0 Å². The Labute approximate surface area is 156 Å². The molecule has 0 aromatic heterocycles. The van der Waals surface area contributed by atoms with Crippen molar-refractivity contribution in [2.45, 2.75) is 24.5 Å². The number of carbonyl (C=O) groups excluding carboxylic acids is 1. The third kappa shape index (κ3) is 4.80. The highest BCUT2D eigenvalue weighted by Crippen LogP contribution is 2.35. The zero-order chi connectivity index (χ0) is 17.6. The third-order valence-corrected chi connectivity index (χ3v) is 6.12. The first-order chi connectivity index (χ1) is 12.2. The number of rotatable bonds is 5. The summed E-state index contributed by atoms with van der Waals surface area (Å²) in [6.45, 7) is 2.42. The third-order valence-electron chi connectivity index (χ3n) is 3.83. The average molecular weight is 373 g/mol. The number of benzene rings is 2. The van der Waals surface area contributed by atoms with Crippen molar-refractivity contribution in [1.29, 1.82) is 0 Å². The van der Waals surface area contributed by atoms with Crippen LogP contribution >= 0.6 is 23.5 Å². The Morgan fingerprint density at radius 1 is 1.28 bits per heavy atom. The zero-order valence-electron chi connectivity index (χ0n) is 14.2. The summed E-state index contributed by atoms with van der Waals surface area (Å²) in [7, 11) is 1.64. The molecule has 0 unspecified atom stereocenters. The van der Waals surface area contributed by atoms with Gasteiger partial charge in [0, 0.05) is 12.3 Å². The fraction of sp³-hybridized carbons (Fsp3) is 0.263. The number of nitrogens with zero attached hydrogens (tertiary/aromatic N) is 1. The summed E-state index contributed by atoms with van der Waals surface area (Å²) in [6, 6.07) is 15.8. The molecule has 0 saturated heterocycles. The molecule has 1 N–H and O–H groups in total. The number of fused-ring (bicyclic) bond motifs is 1. The summed E-state index contributed by atoms with van der Waals surface area (Å²) in [5.74, 6) is 1.73. The summed E-state index contributed by atoms with van der Waals surface area (Å²) < 4.78 is 6.09. The van der Waals surface area contributed by atoms with Crippen LogP contribution in [0.25, 0.3) is 0 Å². The Morgan fingerprint density at radius 2 is 2.04 bits per heavy atom. The highest BCUT2D eigenvalue weighted by Gasteiger charge is 2.19. The van der Waals surface area contributed by atoms with Gasteiger partial charge in [0.15, 0.2) is 0 Å². The largest absolute Gasteiger partial charge is 0.497 e. The van der Waals surface area contributed by atoms with Crippen LogP contribution in [0.1, 0.15) is 18.1 Å². The second kappa shape index (κ2) is 8.45. The minimum atomic E-state index is -0.185. The monoisotopic (exact) mass is 372 g/mol. The molecule has 0 fully saturated rings. The van der Waals surface area contributed by atoms with Gasteiger partial charge >= 0.3 is 0 Å². The van der Waals surface area contributed by atoms with Gasteiger partial charge in [-0.05, 0) is 36.2 Å². The lowest BCUT2D eigenvalue weighted by molar-refractivity contribution is -0.120. The maximum absolute atomic E-state index is 12.3. The number of amides is 1. The maximum Gasteiger partial charge on any atom is 0.233 e. The van der Waals surface area contributed by atoms with Crippen LogP contribution < -0.4 is 10.1 Å². The van der Waals surface area contributed by atoms with Crippen LogP contribution in [0.5, 0.6) is 5.75 Å². The Balaban J connectivity index is 1.53. The normalized spacial score (nSPS) is 14.2. The number of hydrogen-bond donors (Lipinski definition) is 1. The van der Waals surface area contributed by atoms with Gasteiger partial charge in [0.2, 0.25) is 5.91 Å². The molecule has 1 heterocycles. The summed E-state index contributed by atoms with van der Waals surface area (Å²) in [5, 5.41) is 2.79. The number of thioether (sulfide) groups is 2. The van der Waals surface area contributed by atoms with Crippen LogP contribution in [0.4, 0.5) is 5.69 Å². The van der Waals surface area contributed by atoms with Crippen molar-refractivity contribution < 1.29 is 9.53 Å². The lowest BCUT2D eigenvalue weighted by atomic mass is 10.2. The van der Waals surface area contributed by atoms with Crippen molar-refractivity contribution in [3.8, 4) is 5.75 Å². The quantitative estimate of drug-likeness (QED) is 0.847. The van der Waals surface area contributed by atoms with E-state index in [9.17, 15) is 4.79 Å². The molecular formula is C19H20N2O2S2. The van der Waals surface area contributed by atoms with Gasteiger partial charge in [0.1, 0.15) is 10.1 Å². The highest BCUT2D eigenvalue weighted by molar-refractivity contribution is 8.39. The van der Waals surface area contributed by atoms with E-state index in [4.69, 9.17) is 4.74 Å². The number of carbonyl (C=O) groups is 1. The second-order valence-corrected chi connectivity index (χ2v) is 8.17. The molecule has 25 heavy (non-hydrogen) atoms. The molecule has 2 aromatic rings. The lowest BCUT2D eigenvalue weighted by Gasteiger charge is -2.17. The Bertz CT molecular complexity index is 775. The molecule has 1 amide bonds. The number of nitrogens with one attached hydrogen (secondary N) is 1. The smallest absolute Gasteiger partial charge is 0.233 e. The van der Waals surface area contributed by atoms with E-state index < -0.39 is 0 Å². The van der Waals surface area contributed by atoms with Crippen molar-refractivity contribution in [2.24, 2.45) is 4.99 Å². The lowest BCUT2D eigenvalue weighted by Crippen LogP contribution is -2.31. The van der Waals surface area contributed by atoms with Gasteiger partial charge in [0.05, 0.1) is 18.0 Å². The topological polar surface area (TPSA) is 50.7 Å². The van der Waals surface area contributed by atoms with E-state index in [1.165, 1.54) is 17.3 Å². The summed E-state index contributed by atoms with van der Waals surface area (Å²) in [6.07, 6.45) is 0. The van der Waals surface area contributed by atoms with Crippen LogP contribution in [-0.4, -0.2) is 22.6 Å². The Kier molecular flexibility index (Phi) is 6.04. The van der Waals surface area contributed by atoms with Crippen molar-refractivity contribution in [2.75, 3.05) is 7.11 Å². The summed E-state index contributed by atoms with van der Waals surface area (Å²) >= 11 is 3.20. The predicted octanol–water partition coefficient (Wildman–Crippen LogP) is 4.37. The van der Waals surface area contributed by atoms with Crippen LogP contribution in [0.2, 0.25) is 0 Å². The van der Waals surface area contributed by atoms with Crippen LogP contribution in [0.3, 0.4) is 0 Å². The molecule has 1 atom stereocenters. The van der Waals surface area contributed by atoms with E-state index in [1.54, 1.807) is 18.9 Å². The summed E-state index contributed by atoms with van der Waals surface area (Å²) in [5.41, 5.74) is 3.30. The van der Waals surface area contributed by atoms with E-state index >= 15 is 0 Å². The van der Waals surface area contributed by atoms with Gasteiger partial charge in [-0.2, -0.15) is 0 Å². The van der Waals surface area contributed by atoms with Gasteiger partial charge < -0.3 is 10.1 Å². The van der Waals surface area contributed by atoms with Crippen LogP contribution in [0.15, 0.2) is 53.5 Å². The molecule has 0 saturated carbocycles. The van der Waals surface area contributed by atoms with E-state index in [2.05, 4.69) is 16.4 Å². The molecule has 0 radical (unpaired) electrons. The number of methoxy groups -OCH3 is 1. The van der Waals surface area contributed by atoms with Crippen molar-refractivity contribution in [3.63, 3.8) is 0 Å². The molecular weight excluding hydrogens is 352 g/mol. The van der Waals surface area contributed by atoms with Crippen LogP contribution in [-0.2, 0) is 17.1 Å². The molecule has 2 aromatic carbocycles. The minimum absolute atomic E-state index is 0.0166. The summed E-state index contributed by atoms with van der Waals surface area (Å²) in [4.78, 5) is 17.0. The van der Waals surface area contributed by atoms with Gasteiger partial charge in [-0.25, -0.2) is 4.99 Å². The first-order valence-electron chi connectivity index (χ1n) is 8.02. The highest BCUT2D eigenvalue weighted by atomic mass is 32.2. The molecule has 1 aliphatic heterocycles. The number of ether oxygens (including phenoxy) is 1. The van der Waals surface area contributed by atoms with Gasteiger partial charge in [-0.15, -0.1) is 0 Å². The van der Waals surface area contributed by atoms with E-state index in [-0.39, 0.29) is 11.2 Å². The fourth-order valence-corrected chi connectivity index (χ4v) is 4.57. The minimum Gasteiger partial charge on any atom is -0.497 e. The molecule has 4 nitrogen and oxygen atoms in total. The number of hydrogen-bond acceptors (Lipinski definition) is 5. The molecule has 0 aliphatic carbocycles. The van der Waals surface area contributed by atoms with Crippen molar-refractivity contribution in [3.05, 3.63) is 59.7 Å². The first-order valence-corrected chi connectivity index (χ1v) is 9.89. The molecule has 1 aliphatic rings. The maximum atomic E-state index is 12.3. The van der Waals surface area contributed by atoms with Gasteiger partial charge in [-0.3, -0.25) is 4.79 Å². The SMILES string of the molecule is COc1ccc(CNC(=O)[C@@H](C)SC2=Nc3ccccc3CS2)cc1. The fourth-order valence-electron chi connectivity index (χ4n) is 2.35. The molecule has 6 heteroatoms. The number of aliphatic imine (C=N–C) groups is 1. The van der Waals surface area contributed by atoms with E-state index in [0.717, 1.165) is 27.1 Å². The molecule has 3 rings (SSSR count). The van der Waals surface area contributed by atoms with Crippen molar-refractivity contribution >= 4 is 39.5 Å². The Hall–Kier alpha value is -1.92. The van der Waals surface area contributed by atoms with Crippen LogP contribution in [0, 0.1) is 0 Å². The first kappa shape index (κ1) is 17.9. The molecule has 0 spiro atoms. The molecule has 130 valence electrons. The van der Waals surface area contributed by atoms with E-state index in [1.807, 2.05) is 49.4 Å². The average Bonchev–Trinajstić information content (AvgIpc) is 2.66. The zero-order valence-corrected chi connectivity index (χ0v) is 15.8. The molecule has 0 bridgehead atoms. The van der Waals surface area contributed by atoms with Crippen molar-refractivity contribution in [1.82, 2.24) is 5.32 Å². The van der Waals surface area contributed by atoms with Gasteiger partial charge in [-0.1, -0.05) is 53.9 Å². The number of para-hydroxylation sites is 1. The predicted molar refractivity (Wildman–Crippen MR) is 107 cm³/mol. The Morgan fingerprint density at radius 3 is 2.80 bits per heavy atom. The van der Waals surface area contributed by atoms with E-state index in [0.29, 0.717) is 6.54 Å².